The van der Waals surface area contributed by atoms with Gasteiger partial charge in [-0.05, 0) is 43.9 Å². The lowest BCUT2D eigenvalue weighted by atomic mass is 9.79. The molecule has 1 saturated heterocycles. The average Bonchev–Trinajstić information content (AvgIpc) is 2.95. The minimum Gasteiger partial charge on any atom is -0.384 e. The molecule has 21 heavy (non-hydrogen) atoms. The molecule has 0 spiro atoms. The Bertz CT molecular complexity index is 444. The highest BCUT2D eigenvalue weighted by atomic mass is 35.5. The van der Waals surface area contributed by atoms with Crippen molar-refractivity contribution in [1.82, 2.24) is 20.2 Å². The summed E-state index contributed by atoms with van der Waals surface area (Å²) in [6, 6.07) is 0. The van der Waals surface area contributed by atoms with Crippen LogP contribution in [0.1, 0.15) is 35.1 Å². The Morgan fingerprint density at radius 2 is 2.19 bits per heavy atom. The second-order valence-electron chi connectivity index (χ2n) is 5.27. The number of hydrogen-bond acceptors (Lipinski definition) is 6. The lowest BCUT2D eigenvalue weighted by Crippen LogP contribution is -2.47. The largest absolute Gasteiger partial charge is 0.384 e. The molecule has 8 heteroatoms. The van der Waals surface area contributed by atoms with Gasteiger partial charge in [0.15, 0.2) is 0 Å². The lowest BCUT2D eigenvalue weighted by Gasteiger charge is -2.37. The Morgan fingerprint density at radius 3 is 2.81 bits per heavy atom. The van der Waals surface area contributed by atoms with Crippen LogP contribution in [0.2, 0.25) is 0 Å². The first-order chi connectivity index (χ1) is 9.71. The Morgan fingerprint density at radius 1 is 1.48 bits per heavy atom. The Balaban J connectivity index is 0.00000220. The summed E-state index contributed by atoms with van der Waals surface area (Å²) in [7, 11) is 1.72. The molecule has 1 fully saturated rings. The maximum absolute atomic E-state index is 12.2. The number of carbonyl (C=O) groups excluding carboxylic acids is 1. The van der Waals surface area contributed by atoms with Crippen LogP contribution in [0, 0.1) is 5.41 Å². The van der Waals surface area contributed by atoms with Crippen LogP contribution >= 0.6 is 23.9 Å². The molecule has 1 aliphatic heterocycles. The van der Waals surface area contributed by atoms with Crippen LogP contribution < -0.4 is 10.6 Å². The zero-order valence-corrected chi connectivity index (χ0v) is 14.1. The molecular formula is C13H23ClN4O2S. The predicted octanol–water partition coefficient (Wildman–Crippen LogP) is 1.27. The molecule has 120 valence electrons. The van der Waals surface area contributed by atoms with E-state index >= 15 is 0 Å². The standard InChI is InChI=1S/C13H22N4O2S.ClH/c1-3-10-11(20-17-16-10)12(18)15-8-13(9-19-2)4-6-14-7-5-13;/h14H,3-9H2,1-2H3,(H,15,18);1H. The van der Waals surface area contributed by atoms with Crippen molar-refractivity contribution >= 4 is 29.8 Å². The van der Waals surface area contributed by atoms with Crippen molar-refractivity contribution in [2.75, 3.05) is 33.4 Å². The molecule has 2 heterocycles. The van der Waals surface area contributed by atoms with Crippen LogP contribution in [0.3, 0.4) is 0 Å². The molecule has 0 bridgehead atoms. The van der Waals surface area contributed by atoms with Crippen molar-refractivity contribution in [3.05, 3.63) is 10.6 Å². The van der Waals surface area contributed by atoms with Crippen molar-refractivity contribution in [1.29, 1.82) is 0 Å². The summed E-state index contributed by atoms with van der Waals surface area (Å²) in [5.74, 6) is -0.0640. The number of ether oxygens (including phenoxy) is 1. The molecule has 0 atom stereocenters. The summed E-state index contributed by atoms with van der Waals surface area (Å²) >= 11 is 1.16. The van der Waals surface area contributed by atoms with Crippen LogP contribution in [0.5, 0.6) is 0 Å². The Kier molecular flexibility index (Phi) is 7.51. The number of halogens is 1. The molecule has 2 rings (SSSR count). The van der Waals surface area contributed by atoms with Crippen molar-refractivity contribution in [3.8, 4) is 0 Å². The number of hydrogen-bond donors (Lipinski definition) is 2. The van der Waals surface area contributed by atoms with Gasteiger partial charge in [-0.25, -0.2) is 0 Å². The monoisotopic (exact) mass is 334 g/mol. The van der Waals surface area contributed by atoms with Gasteiger partial charge in [-0.1, -0.05) is 11.4 Å². The first-order valence-corrected chi connectivity index (χ1v) is 7.77. The second kappa shape index (κ2) is 8.63. The van der Waals surface area contributed by atoms with E-state index in [2.05, 4.69) is 20.2 Å². The van der Waals surface area contributed by atoms with E-state index in [1.807, 2.05) is 6.92 Å². The number of nitrogens with zero attached hydrogens (tertiary/aromatic N) is 2. The minimum absolute atomic E-state index is 0. The van der Waals surface area contributed by atoms with Gasteiger partial charge < -0.3 is 15.4 Å². The highest BCUT2D eigenvalue weighted by Gasteiger charge is 2.33. The van der Waals surface area contributed by atoms with Gasteiger partial charge in [0.05, 0.1) is 12.3 Å². The minimum atomic E-state index is -0.0640. The zero-order chi connectivity index (χ0) is 14.4. The predicted molar refractivity (Wildman–Crippen MR) is 85.3 cm³/mol. The molecule has 1 amide bonds. The van der Waals surface area contributed by atoms with Crippen molar-refractivity contribution in [2.45, 2.75) is 26.2 Å². The lowest BCUT2D eigenvalue weighted by molar-refractivity contribution is 0.0512. The fraction of sp³-hybridized carbons (Fsp3) is 0.769. The smallest absolute Gasteiger partial charge is 0.264 e. The number of methoxy groups -OCH3 is 1. The van der Waals surface area contributed by atoms with E-state index in [1.54, 1.807) is 7.11 Å². The second-order valence-corrected chi connectivity index (χ2v) is 6.02. The molecule has 0 aliphatic carbocycles. The number of piperidine rings is 1. The molecule has 0 unspecified atom stereocenters. The topological polar surface area (TPSA) is 76.1 Å². The first-order valence-electron chi connectivity index (χ1n) is 7.00. The molecule has 0 saturated carbocycles. The zero-order valence-electron chi connectivity index (χ0n) is 12.5. The normalized spacial score (nSPS) is 17.0. The molecule has 6 nitrogen and oxygen atoms in total. The van der Waals surface area contributed by atoms with E-state index in [0.717, 1.165) is 49.6 Å². The van der Waals surface area contributed by atoms with Crippen LogP contribution in [0.15, 0.2) is 0 Å². The van der Waals surface area contributed by atoms with E-state index in [9.17, 15) is 4.79 Å². The molecular weight excluding hydrogens is 312 g/mol. The van der Waals surface area contributed by atoms with Gasteiger partial charge in [0.1, 0.15) is 4.88 Å². The molecule has 1 aromatic rings. The highest BCUT2D eigenvalue weighted by molar-refractivity contribution is 7.08. The molecule has 0 radical (unpaired) electrons. The third-order valence-electron chi connectivity index (χ3n) is 3.84. The maximum Gasteiger partial charge on any atom is 0.264 e. The summed E-state index contributed by atoms with van der Waals surface area (Å²) in [5, 5.41) is 10.4. The summed E-state index contributed by atoms with van der Waals surface area (Å²) in [5.41, 5.74) is 0.818. The van der Waals surface area contributed by atoms with Crippen LogP contribution in [0.4, 0.5) is 0 Å². The van der Waals surface area contributed by atoms with E-state index in [0.29, 0.717) is 18.0 Å². The van der Waals surface area contributed by atoms with Crippen molar-refractivity contribution < 1.29 is 9.53 Å². The first kappa shape index (κ1) is 18.3. The number of amides is 1. The van der Waals surface area contributed by atoms with Gasteiger partial charge in [0.25, 0.3) is 5.91 Å². The Labute approximate surface area is 135 Å². The van der Waals surface area contributed by atoms with E-state index in [-0.39, 0.29) is 23.7 Å². The quantitative estimate of drug-likeness (QED) is 0.819. The van der Waals surface area contributed by atoms with E-state index in [1.165, 1.54) is 0 Å². The van der Waals surface area contributed by atoms with Gasteiger partial charge >= 0.3 is 0 Å². The third-order valence-corrected chi connectivity index (χ3v) is 4.60. The summed E-state index contributed by atoms with van der Waals surface area (Å²) < 4.78 is 9.21. The van der Waals surface area contributed by atoms with Crippen LogP contribution in [-0.2, 0) is 11.2 Å². The van der Waals surface area contributed by atoms with E-state index in [4.69, 9.17) is 4.74 Å². The summed E-state index contributed by atoms with van der Waals surface area (Å²) in [4.78, 5) is 12.9. The average molecular weight is 335 g/mol. The third kappa shape index (κ3) is 4.60. The SMILES string of the molecule is CCc1nnsc1C(=O)NCC1(COC)CCNCC1.Cl. The van der Waals surface area contributed by atoms with Crippen LogP contribution in [-0.4, -0.2) is 48.8 Å². The van der Waals surface area contributed by atoms with Crippen molar-refractivity contribution in [2.24, 2.45) is 5.41 Å². The number of aryl methyl sites for hydroxylation is 1. The highest BCUT2D eigenvalue weighted by Crippen LogP contribution is 2.28. The fourth-order valence-electron chi connectivity index (χ4n) is 2.60. The van der Waals surface area contributed by atoms with Gasteiger partial charge in [-0.2, -0.15) is 0 Å². The van der Waals surface area contributed by atoms with E-state index < -0.39 is 0 Å². The maximum atomic E-state index is 12.2. The van der Waals surface area contributed by atoms with Gasteiger partial charge in [-0.15, -0.1) is 17.5 Å². The number of carbonyl (C=O) groups is 1. The van der Waals surface area contributed by atoms with Gasteiger partial charge in [0, 0.05) is 19.1 Å². The molecule has 1 aliphatic rings. The fourth-order valence-corrected chi connectivity index (χ4v) is 3.26. The Hall–Kier alpha value is -0.760. The van der Waals surface area contributed by atoms with Crippen molar-refractivity contribution in [3.63, 3.8) is 0 Å². The molecule has 1 aromatic heterocycles. The number of rotatable bonds is 6. The number of nitrogens with one attached hydrogen (secondary N) is 2. The van der Waals surface area contributed by atoms with Gasteiger partial charge in [-0.3, -0.25) is 4.79 Å². The van der Waals surface area contributed by atoms with Crippen LogP contribution in [0.25, 0.3) is 0 Å². The summed E-state index contributed by atoms with van der Waals surface area (Å²) in [6.45, 7) is 5.24. The summed E-state index contributed by atoms with van der Waals surface area (Å²) in [6.07, 6.45) is 2.76. The van der Waals surface area contributed by atoms with Gasteiger partial charge in [0.2, 0.25) is 0 Å². The molecule has 2 N–H and O–H groups in total. The molecule has 0 aromatic carbocycles. The number of aromatic nitrogens is 2.